The molecular weight excluding hydrogens is 208 g/mol. The summed E-state index contributed by atoms with van der Waals surface area (Å²) in [5.41, 5.74) is 0. The number of carbonyl (C=O) groups excluding carboxylic acids is 1. The van der Waals surface area contributed by atoms with Gasteiger partial charge in [-0.05, 0) is 33.1 Å². The molecule has 92 valence electrons. The van der Waals surface area contributed by atoms with Crippen molar-refractivity contribution >= 4 is 12.0 Å². The molecule has 0 radical (unpaired) electrons. The first kappa shape index (κ1) is 12.8. The van der Waals surface area contributed by atoms with Crippen LogP contribution in [0.3, 0.4) is 0 Å². The predicted molar refractivity (Wildman–Crippen MR) is 60.3 cm³/mol. The van der Waals surface area contributed by atoms with Gasteiger partial charge in [-0.1, -0.05) is 0 Å². The van der Waals surface area contributed by atoms with Crippen molar-refractivity contribution in [1.29, 1.82) is 0 Å². The number of hydrogen-bond acceptors (Lipinski definition) is 2. The molecule has 16 heavy (non-hydrogen) atoms. The Morgan fingerprint density at radius 2 is 2.12 bits per heavy atom. The first-order valence-electron chi connectivity index (χ1n) is 5.83. The van der Waals surface area contributed by atoms with E-state index in [1.165, 1.54) is 6.42 Å². The largest absolute Gasteiger partial charge is 0.481 e. The van der Waals surface area contributed by atoms with Gasteiger partial charge in [-0.15, -0.1) is 0 Å². The molecule has 1 saturated carbocycles. The van der Waals surface area contributed by atoms with Gasteiger partial charge in [0.05, 0.1) is 6.42 Å². The average Bonchev–Trinajstić information content (AvgIpc) is 2.11. The number of hydrogen-bond donors (Lipinski definition) is 2. The second kappa shape index (κ2) is 5.72. The molecule has 0 aliphatic heterocycles. The maximum atomic E-state index is 11.8. The Balaban J connectivity index is 2.44. The van der Waals surface area contributed by atoms with E-state index in [1.807, 2.05) is 6.92 Å². The molecule has 0 bridgehead atoms. The van der Waals surface area contributed by atoms with Gasteiger partial charge in [-0.25, -0.2) is 4.79 Å². The molecule has 0 saturated heterocycles. The maximum absolute atomic E-state index is 11.8. The zero-order valence-electron chi connectivity index (χ0n) is 9.90. The van der Waals surface area contributed by atoms with Gasteiger partial charge in [-0.3, -0.25) is 4.79 Å². The van der Waals surface area contributed by atoms with Crippen molar-refractivity contribution in [2.24, 2.45) is 0 Å². The van der Waals surface area contributed by atoms with Crippen LogP contribution < -0.4 is 5.32 Å². The van der Waals surface area contributed by atoms with Gasteiger partial charge in [0.2, 0.25) is 0 Å². The molecule has 2 amide bonds. The van der Waals surface area contributed by atoms with Crippen LogP contribution in [0, 0.1) is 0 Å². The third-order valence-corrected chi connectivity index (χ3v) is 3.04. The number of rotatable bonds is 5. The zero-order valence-corrected chi connectivity index (χ0v) is 9.90. The number of nitrogens with zero attached hydrogens (tertiary/aromatic N) is 1. The Hall–Kier alpha value is -1.26. The summed E-state index contributed by atoms with van der Waals surface area (Å²) in [5, 5.41) is 11.6. The van der Waals surface area contributed by atoms with E-state index in [2.05, 4.69) is 5.32 Å². The van der Waals surface area contributed by atoms with Crippen molar-refractivity contribution < 1.29 is 14.7 Å². The number of amides is 2. The van der Waals surface area contributed by atoms with Gasteiger partial charge < -0.3 is 15.3 Å². The van der Waals surface area contributed by atoms with Gasteiger partial charge in [-0.2, -0.15) is 0 Å². The Bertz CT molecular complexity index is 264. The molecule has 5 heteroatoms. The van der Waals surface area contributed by atoms with E-state index < -0.39 is 5.97 Å². The molecule has 1 rings (SSSR count). The van der Waals surface area contributed by atoms with E-state index in [1.54, 1.807) is 11.8 Å². The molecule has 5 nitrogen and oxygen atoms in total. The lowest BCUT2D eigenvalue weighted by Gasteiger charge is -2.32. The zero-order chi connectivity index (χ0) is 12.1. The van der Waals surface area contributed by atoms with Crippen LogP contribution in [0.4, 0.5) is 4.79 Å². The first-order valence-corrected chi connectivity index (χ1v) is 5.83. The van der Waals surface area contributed by atoms with Crippen molar-refractivity contribution in [3.8, 4) is 0 Å². The number of carboxylic acid groups (broad SMARTS) is 1. The molecule has 1 atom stereocenters. The van der Waals surface area contributed by atoms with Crippen LogP contribution in [0.25, 0.3) is 0 Å². The maximum Gasteiger partial charge on any atom is 0.317 e. The molecule has 2 N–H and O–H groups in total. The van der Waals surface area contributed by atoms with Crippen LogP contribution in [-0.4, -0.2) is 40.6 Å². The van der Waals surface area contributed by atoms with Crippen LogP contribution in [-0.2, 0) is 4.79 Å². The standard InChI is InChI=1S/C11H20N2O3/c1-3-13(8(2)7-10(14)15)11(16)12-9-5-4-6-9/h8-9H,3-7H2,1-2H3,(H,12,16)(H,14,15). The van der Waals surface area contributed by atoms with Crippen LogP contribution in [0.2, 0.25) is 0 Å². The molecule has 0 heterocycles. The highest BCUT2D eigenvalue weighted by molar-refractivity contribution is 5.76. The number of aliphatic carboxylic acids is 1. The third-order valence-electron chi connectivity index (χ3n) is 3.04. The highest BCUT2D eigenvalue weighted by atomic mass is 16.4. The number of nitrogens with one attached hydrogen (secondary N) is 1. The van der Waals surface area contributed by atoms with E-state index in [4.69, 9.17) is 5.11 Å². The van der Waals surface area contributed by atoms with Crippen molar-refractivity contribution in [1.82, 2.24) is 10.2 Å². The summed E-state index contributed by atoms with van der Waals surface area (Å²) in [6.45, 7) is 4.16. The van der Waals surface area contributed by atoms with Gasteiger partial charge in [0.15, 0.2) is 0 Å². The van der Waals surface area contributed by atoms with E-state index in [0.29, 0.717) is 12.6 Å². The summed E-state index contributed by atoms with van der Waals surface area (Å²) in [4.78, 5) is 24.0. The minimum Gasteiger partial charge on any atom is -0.481 e. The summed E-state index contributed by atoms with van der Waals surface area (Å²) >= 11 is 0. The minimum atomic E-state index is -0.873. The molecule has 1 aliphatic carbocycles. The number of carboxylic acids is 1. The fourth-order valence-electron chi connectivity index (χ4n) is 1.83. The van der Waals surface area contributed by atoms with Crippen molar-refractivity contribution in [3.63, 3.8) is 0 Å². The highest BCUT2D eigenvalue weighted by Gasteiger charge is 2.25. The van der Waals surface area contributed by atoms with Gasteiger partial charge in [0.25, 0.3) is 0 Å². The molecule has 1 aliphatic rings. The monoisotopic (exact) mass is 228 g/mol. The lowest BCUT2D eigenvalue weighted by molar-refractivity contribution is -0.138. The highest BCUT2D eigenvalue weighted by Crippen LogP contribution is 2.18. The molecule has 1 unspecified atom stereocenters. The second-order valence-corrected chi connectivity index (χ2v) is 4.31. The number of urea groups is 1. The van der Waals surface area contributed by atoms with Crippen molar-refractivity contribution in [3.05, 3.63) is 0 Å². The van der Waals surface area contributed by atoms with E-state index in [9.17, 15) is 9.59 Å². The second-order valence-electron chi connectivity index (χ2n) is 4.31. The summed E-state index contributed by atoms with van der Waals surface area (Å²) < 4.78 is 0. The van der Waals surface area contributed by atoms with Crippen LogP contribution in [0.5, 0.6) is 0 Å². The summed E-state index contributed by atoms with van der Waals surface area (Å²) in [6, 6.07) is -0.109. The van der Waals surface area contributed by atoms with E-state index >= 15 is 0 Å². The van der Waals surface area contributed by atoms with Crippen molar-refractivity contribution in [2.45, 2.75) is 51.6 Å². The molecular formula is C11H20N2O3. The molecule has 0 aromatic carbocycles. The fraction of sp³-hybridized carbons (Fsp3) is 0.818. The summed E-state index contributed by atoms with van der Waals surface area (Å²) in [7, 11) is 0. The number of carbonyl (C=O) groups is 2. The quantitative estimate of drug-likeness (QED) is 0.748. The average molecular weight is 228 g/mol. The Labute approximate surface area is 95.8 Å². The van der Waals surface area contributed by atoms with Gasteiger partial charge >= 0.3 is 12.0 Å². The lowest BCUT2D eigenvalue weighted by atomic mass is 9.93. The fourth-order valence-corrected chi connectivity index (χ4v) is 1.83. The van der Waals surface area contributed by atoms with Crippen LogP contribution >= 0.6 is 0 Å². The van der Waals surface area contributed by atoms with Crippen LogP contribution in [0.15, 0.2) is 0 Å². The summed E-state index contributed by atoms with van der Waals surface area (Å²) in [5.74, 6) is -0.873. The molecule has 0 spiro atoms. The van der Waals surface area contributed by atoms with Gasteiger partial charge in [0, 0.05) is 18.6 Å². The lowest BCUT2D eigenvalue weighted by Crippen LogP contribution is -2.50. The van der Waals surface area contributed by atoms with E-state index in [-0.39, 0.29) is 18.5 Å². The normalized spacial score (nSPS) is 17.4. The first-order chi connectivity index (χ1) is 7.54. The topological polar surface area (TPSA) is 69.6 Å². The minimum absolute atomic E-state index is 0.00801. The molecule has 1 fully saturated rings. The Morgan fingerprint density at radius 3 is 2.50 bits per heavy atom. The summed E-state index contributed by atoms with van der Waals surface area (Å²) in [6.07, 6.45) is 3.24. The molecule has 0 aromatic heterocycles. The molecule has 0 aromatic rings. The van der Waals surface area contributed by atoms with Crippen molar-refractivity contribution in [2.75, 3.05) is 6.54 Å². The predicted octanol–water partition coefficient (Wildman–Crippen LogP) is 1.43. The Kier molecular flexibility index (Phi) is 4.58. The van der Waals surface area contributed by atoms with Crippen LogP contribution in [0.1, 0.15) is 39.5 Å². The van der Waals surface area contributed by atoms with E-state index in [0.717, 1.165) is 12.8 Å². The van der Waals surface area contributed by atoms with Gasteiger partial charge in [0.1, 0.15) is 0 Å². The SMILES string of the molecule is CCN(C(=O)NC1CCC1)C(C)CC(=O)O. The Morgan fingerprint density at radius 1 is 1.50 bits per heavy atom. The smallest absolute Gasteiger partial charge is 0.317 e. The third kappa shape index (κ3) is 3.40.